The van der Waals surface area contributed by atoms with Gasteiger partial charge in [0, 0.05) is 19.6 Å². The molecule has 0 atom stereocenters. The molecule has 1 N–H and O–H groups in total. The SMILES string of the molecule is Cl.N#CC1(c2ccc(O)c(OC3CCCC3)c2)CCN(Cc2ccccc2)CC1. The lowest BCUT2D eigenvalue weighted by Crippen LogP contribution is -2.41. The van der Waals surface area contributed by atoms with Gasteiger partial charge < -0.3 is 9.84 Å². The molecule has 154 valence electrons. The summed E-state index contributed by atoms with van der Waals surface area (Å²) in [5, 5.41) is 20.3. The number of nitrogens with zero attached hydrogens (tertiary/aromatic N) is 2. The van der Waals surface area contributed by atoms with Crippen LogP contribution in [0.3, 0.4) is 0 Å². The molecule has 2 fully saturated rings. The van der Waals surface area contributed by atoms with Crippen LogP contribution in [0.5, 0.6) is 11.5 Å². The molecule has 0 bridgehead atoms. The third-order valence-electron chi connectivity index (χ3n) is 6.28. The minimum Gasteiger partial charge on any atom is -0.504 e. The molecule has 0 spiro atoms. The monoisotopic (exact) mass is 412 g/mol. The summed E-state index contributed by atoms with van der Waals surface area (Å²) in [7, 11) is 0. The number of hydrogen-bond acceptors (Lipinski definition) is 4. The second-order valence-corrected chi connectivity index (χ2v) is 8.16. The van der Waals surface area contributed by atoms with Gasteiger partial charge in [0.15, 0.2) is 11.5 Å². The molecule has 1 saturated heterocycles. The number of nitriles is 1. The number of aromatic hydroxyl groups is 1. The second-order valence-electron chi connectivity index (χ2n) is 8.16. The van der Waals surface area contributed by atoms with E-state index in [4.69, 9.17) is 4.74 Å². The van der Waals surface area contributed by atoms with Crippen molar-refractivity contribution < 1.29 is 9.84 Å². The molecule has 2 aliphatic rings. The van der Waals surface area contributed by atoms with E-state index in [0.717, 1.165) is 50.9 Å². The zero-order chi connectivity index (χ0) is 19.4. The Morgan fingerprint density at radius 3 is 2.41 bits per heavy atom. The summed E-state index contributed by atoms with van der Waals surface area (Å²) in [6.07, 6.45) is 6.23. The maximum atomic E-state index is 10.2. The fourth-order valence-corrected chi connectivity index (χ4v) is 4.49. The minimum atomic E-state index is -0.505. The van der Waals surface area contributed by atoms with Gasteiger partial charge in [-0.3, -0.25) is 4.90 Å². The number of ether oxygens (including phenoxy) is 1. The smallest absolute Gasteiger partial charge is 0.161 e. The summed E-state index contributed by atoms with van der Waals surface area (Å²) in [5.41, 5.74) is 1.78. The van der Waals surface area contributed by atoms with Crippen LogP contribution in [0.15, 0.2) is 48.5 Å². The molecule has 2 aromatic rings. The number of rotatable bonds is 5. The second kappa shape index (κ2) is 9.52. The van der Waals surface area contributed by atoms with E-state index in [2.05, 4.69) is 35.2 Å². The first-order valence-corrected chi connectivity index (χ1v) is 10.4. The van der Waals surface area contributed by atoms with Crippen molar-refractivity contribution in [1.29, 1.82) is 5.26 Å². The fraction of sp³-hybridized carbons (Fsp3) is 0.458. The highest BCUT2D eigenvalue weighted by Crippen LogP contribution is 2.40. The van der Waals surface area contributed by atoms with Gasteiger partial charge in [-0.15, -0.1) is 12.4 Å². The fourth-order valence-electron chi connectivity index (χ4n) is 4.49. The maximum absolute atomic E-state index is 10.2. The van der Waals surface area contributed by atoms with Crippen molar-refractivity contribution in [3.8, 4) is 17.6 Å². The predicted molar refractivity (Wildman–Crippen MR) is 116 cm³/mol. The molecule has 5 heteroatoms. The lowest BCUT2D eigenvalue weighted by Gasteiger charge is -2.38. The van der Waals surface area contributed by atoms with Crippen molar-refractivity contribution >= 4 is 12.4 Å². The molecule has 1 aliphatic carbocycles. The summed E-state index contributed by atoms with van der Waals surface area (Å²) < 4.78 is 6.06. The quantitative estimate of drug-likeness (QED) is 0.733. The lowest BCUT2D eigenvalue weighted by molar-refractivity contribution is 0.177. The van der Waals surface area contributed by atoms with Crippen LogP contribution in [-0.4, -0.2) is 29.2 Å². The average molecular weight is 413 g/mol. The van der Waals surface area contributed by atoms with Crippen LogP contribution in [0.2, 0.25) is 0 Å². The molecule has 0 amide bonds. The Balaban J connectivity index is 0.00000240. The Hall–Kier alpha value is -2.22. The zero-order valence-electron chi connectivity index (χ0n) is 16.7. The third-order valence-corrected chi connectivity index (χ3v) is 6.28. The summed E-state index contributed by atoms with van der Waals surface area (Å²) in [6.45, 7) is 2.71. The van der Waals surface area contributed by atoms with Gasteiger partial charge in [-0.2, -0.15) is 5.26 Å². The van der Waals surface area contributed by atoms with Crippen molar-refractivity contribution in [2.24, 2.45) is 0 Å². The maximum Gasteiger partial charge on any atom is 0.161 e. The highest BCUT2D eigenvalue weighted by Gasteiger charge is 2.37. The van der Waals surface area contributed by atoms with Gasteiger partial charge in [0.1, 0.15) is 0 Å². The normalized spacial score (nSPS) is 19.3. The molecular formula is C24H29ClN2O2. The van der Waals surface area contributed by atoms with E-state index in [1.807, 2.05) is 18.2 Å². The van der Waals surface area contributed by atoms with Crippen LogP contribution in [0.4, 0.5) is 0 Å². The zero-order valence-corrected chi connectivity index (χ0v) is 17.5. The van der Waals surface area contributed by atoms with E-state index in [1.54, 1.807) is 6.07 Å². The first kappa shape index (κ1) is 21.5. The molecule has 4 nitrogen and oxygen atoms in total. The topological polar surface area (TPSA) is 56.5 Å². The lowest BCUT2D eigenvalue weighted by atomic mass is 9.74. The first-order valence-electron chi connectivity index (χ1n) is 10.4. The van der Waals surface area contributed by atoms with Gasteiger partial charge in [0.05, 0.1) is 17.6 Å². The van der Waals surface area contributed by atoms with E-state index in [1.165, 1.54) is 18.4 Å². The number of likely N-dealkylation sites (tertiary alicyclic amines) is 1. The molecule has 0 aromatic heterocycles. The molecule has 4 rings (SSSR count). The number of hydrogen-bond donors (Lipinski definition) is 1. The third kappa shape index (κ3) is 4.86. The van der Waals surface area contributed by atoms with Crippen molar-refractivity contribution in [3.05, 3.63) is 59.7 Å². The van der Waals surface area contributed by atoms with Gasteiger partial charge in [-0.1, -0.05) is 36.4 Å². The molecule has 29 heavy (non-hydrogen) atoms. The number of phenolic OH excluding ortho intramolecular Hbond substituents is 1. The Labute approximate surface area is 179 Å². The van der Waals surface area contributed by atoms with Gasteiger partial charge in [-0.25, -0.2) is 0 Å². The van der Waals surface area contributed by atoms with Crippen LogP contribution in [-0.2, 0) is 12.0 Å². The average Bonchev–Trinajstić information content (AvgIpc) is 3.24. The summed E-state index contributed by atoms with van der Waals surface area (Å²) in [6, 6.07) is 18.6. The molecule has 0 unspecified atom stereocenters. The van der Waals surface area contributed by atoms with Crippen molar-refractivity contribution in [3.63, 3.8) is 0 Å². The molecule has 1 saturated carbocycles. The molecule has 1 aliphatic heterocycles. The summed E-state index contributed by atoms with van der Waals surface area (Å²) in [4.78, 5) is 2.42. The Morgan fingerprint density at radius 2 is 1.76 bits per heavy atom. The molecule has 1 heterocycles. The van der Waals surface area contributed by atoms with Crippen LogP contribution in [0, 0.1) is 11.3 Å². The van der Waals surface area contributed by atoms with Crippen molar-refractivity contribution in [1.82, 2.24) is 4.90 Å². The van der Waals surface area contributed by atoms with Crippen LogP contribution >= 0.6 is 12.4 Å². The highest BCUT2D eigenvalue weighted by atomic mass is 35.5. The van der Waals surface area contributed by atoms with Gasteiger partial charge in [-0.05, 0) is 61.8 Å². The van der Waals surface area contributed by atoms with Crippen LogP contribution in [0.25, 0.3) is 0 Å². The Bertz CT molecular complexity index is 836. The van der Waals surface area contributed by atoms with E-state index in [-0.39, 0.29) is 24.3 Å². The number of halogens is 1. The molecular weight excluding hydrogens is 384 g/mol. The van der Waals surface area contributed by atoms with Gasteiger partial charge in [0.2, 0.25) is 0 Å². The molecule has 2 aromatic carbocycles. The van der Waals surface area contributed by atoms with Crippen molar-refractivity contribution in [2.75, 3.05) is 13.1 Å². The van der Waals surface area contributed by atoms with Gasteiger partial charge >= 0.3 is 0 Å². The highest BCUT2D eigenvalue weighted by molar-refractivity contribution is 5.85. The minimum absolute atomic E-state index is 0. The van der Waals surface area contributed by atoms with Gasteiger partial charge in [0.25, 0.3) is 0 Å². The number of piperidine rings is 1. The first-order chi connectivity index (χ1) is 13.7. The van der Waals surface area contributed by atoms with E-state index < -0.39 is 5.41 Å². The summed E-state index contributed by atoms with van der Waals surface area (Å²) >= 11 is 0. The Kier molecular flexibility index (Phi) is 7.05. The predicted octanol–water partition coefficient (Wildman–Crippen LogP) is 5.19. The standard InChI is InChI=1S/C24H28N2O2.ClH/c25-18-24(12-14-26(15-13-24)17-19-6-2-1-3-7-19)20-10-11-22(27)23(16-20)28-21-8-4-5-9-21;/h1-3,6-7,10-11,16,21,27H,4-5,8-9,12-15,17H2;1H. The van der Waals surface area contributed by atoms with E-state index >= 15 is 0 Å². The largest absolute Gasteiger partial charge is 0.504 e. The summed E-state index contributed by atoms with van der Waals surface area (Å²) in [5.74, 6) is 0.705. The van der Waals surface area contributed by atoms with E-state index in [9.17, 15) is 10.4 Å². The number of benzene rings is 2. The van der Waals surface area contributed by atoms with Crippen LogP contribution in [0.1, 0.15) is 49.7 Å². The molecule has 0 radical (unpaired) electrons. The van der Waals surface area contributed by atoms with E-state index in [0.29, 0.717) is 5.75 Å². The number of phenols is 1. The van der Waals surface area contributed by atoms with Crippen molar-refractivity contribution in [2.45, 2.75) is 56.6 Å². The Morgan fingerprint density at radius 1 is 1.07 bits per heavy atom. The van der Waals surface area contributed by atoms with Crippen LogP contribution < -0.4 is 4.74 Å².